The third-order valence-electron chi connectivity index (χ3n) is 3.52. The topological polar surface area (TPSA) is 85.8 Å². The van der Waals surface area contributed by atoms with Crippen LogP contribution in [0, 0.1) is 0 Å². The van der Waals surface area contributed by atoms with E-state index in [4.69, 9.17) is 5.73 Å². The highest BCUT2D eigenvalue weighted by Crippen LogP contribution is 2.16. The Bertz CT molecular complexity index is 805. The van der Waals surface area contributed by atoms with Crippen LogP contribution >= 0.6 is 0 Å². The number of H-pyrrole nitrogens is 2. The second-order valence-corrected chi connectivity index (χ2v) is 4.78. The first kappa shape index (κ1) is 11.0. The quantitative estimate of drug-likeness (QED) is 0.410. The molecule has 0 spiro atoms. The Morgan fingerprint density at radius 1 is 1.10 bits per heavy atom. The van der Waals surface area contributed by atoms with Crippen LogP contribution in [0.15, 0.2) is 48.8 Å². The normalized spacial score (nSPS) is 17.4. The monoisotopic (exact) mass is 267 g/mol. The highest BCUT2D eigenvalue weighted by molar-refractivity contribution is 5.87. The molecule has 20 heavy (non-hydrogen) atoms. The molecule has 3 aromatic rings. The lowest BCUT2D eigenvalue weighted by atomic mass is 10.2. The molecule has 98 valence electrons. The zero-order valence-electron chi connectivity index (χ0n) is 10.7. The van der Waals surface area contributed by atoms with E-state index in [1.54, 1.807) is 0 Å². The van der Waals surface area contributed by atoms with Gasteiger partial charge in [0.1, 0.15) is 11.0 Å². The molecule has 0 aliphatic carbocycles. The van der Waals surface area contributed by atoms with Gasteiger partial charge in [-0.1, -0.05) is 12.1 Å². The van der Waals surface area contributed by atoms with Gasteiger partial charge in [-0.3, -0.25) is 5.73 Å². The molecule has 1 aliphatic heterocycles. The van der Waals surface area contributed by atoms with E-state index in [0.717, 1.165) is 22.5 Å². The highest BCUT2D eigenvalue weighted by atomic mass is 15.4. The molecule has 6 heteroatoms. The molecule has 0 fully saturated rings. The maximum absolute atomic E-state index is 5.95. The fraction of sp³-hybridized carbons (Fsp3) is 0.0714. The first-order chi connectivity index (χ1) is 9.83. The Morgan fingerprint density at radius 3 is 2.75 bits per heavy atom. The number of aromatic nitrogens is 3. The molecular weight excluding hydrogens is 252 g/mol. The summed E-state index contributed by atoms with van der Waals surface area (Å²) >= 11 is 0. The molecule has 4 rings (SSSR count). The van der Waals surface area contributed by atoms with Gasteiger partial charge >= 0.3 is 11.9 Å². The van der Waals surface area contributed by atoms with Crippen molar-refractivity contribution >= 4 is 22.9 Å². The lowest BCUT2D eigenvalue weighted by molar-refractivity contribution is -0.840. The van der Waals surface area contributed by atoms with Gasteiger partial charge in [-0.2, -0.15) is 9.88 Å². The molecule has 2 aromatic heterocycles. The van der Waals surface area contributed by atoms with Crippen LogP contribution in [0.3, 0.4) is 0 Å². The van der Waals surface area contributed by atoms with Gasteiger partial charge in [0, 0.05) is 17.7 Å². The van der Waals surface area contributed by atoms with Gasteiger partial charge in [0.05, 0.1) is 0 Å². The largest absolute Gasteiger partial charge is 0.368 e. The summed E-state index contributed by atoms with van der Waals surface area (Å²) in [6.07, 6.45) is 3.77. The Hall–Kier alpha value is -2.89. The molecule has 6 nitrogen and oxygen atoms in total. The minimum atomic E-state index is -0.0444. The van der Waals surface area contributed by atoms with E-state index in [1.165, 1.54) is 0 Å². The predicted molar refractivity (Wildman–Crippen MR) is 73.4 cm³/mol. The number of nitrogens with two attached hydrogens (primary N) is 1. The summed E-state index contributed by atoms with van der Waals surface area (Å²) in [7, 11) is 0. The van der Waals surface area contributed by atoms with Crippen LogP contribution in [0.4, 0.5) is 5.95 Å². The van der Waals surface area contributed by atoms with E-state index in [0.29, 0.717) is 5.96 Å². The molecule has 0 amide bonds. The number of aromatic amines is 2. The number of para-hydroxylation sites is 2. The Kier molecular flexibility index (Phi) is 2.23. The Morgan fingerprint density at radius 2 is 1.90 bits per heavy atom. The number of nitrogens with zero attached hydrogens (tertiary/aromatic N) is 1. The smallest absolute Gasteiger partial charge is 0.290 e. The van der Waals surface area contributed by atoms with Crippen molar-refractivity contribution in [1.82, 2.24) is 4.98 Å². The Balaban J connectivity index is 1.98. The second-order valence-electron chi connectivity index (χ2n) is 4.78. The fourth-order valence-electron chi connectivity index (χ4n) is 2.65. The van der Waals surface area contributed by atoms with Crippen LogP contribution in [-0.4, -0.2) is 10.9 Å². The van der Waals surface area contributed by atoms with Crippen molar-refractivity contribution in [2.24, 2.45) is 5.73 Å². The molecule has 0 saturated heterocycles. The predicted octanol–water partition coefficient (Wildman–Crippen LogP) is -1.36. The number of nitrogens with one attached hydrogen (secondary N) is 4. The standard InChI is InChI=1S/C14H12N6/c15-13-18-12(9-5-7-16-8-6-9)20-11-4-2-1-3-10(11)17-14(20)19-13/h1-8,12H,(H3,15,17,18,19)/p+3. The van der Waals surface area contributed by atoms with Crippen LogP contribution in [0.2, 0.25) is 0 Å². The van der Waals surface area contributed by atoms with Crippen molar-refractivity contribution in [3.63, 3.8) is 0 Å². The number of benzene rings is 1. The number of imidazole rings is 1. The van der Waals surface area contributed by atoms with Crippen LogP contribution in [-0.2, 0) is 0 Å². The van der Waals surface area contributed by atoms with E-state index in [9.17, 15) is 0 Å². The van der Waals surface area contributed by atoms with Gasteiger partial charge in [-0.25, -0.2) is 15.0 Å². The number of fused-ring (bicyclic) bond motifs is 3. The molecule has 0 radical (unpaired) electrons. The molecule has 6 N–H and O–H groups in total. The number of anilines is 1. The second kappa shape index (κ2) is 4.06. The molecule has 3 heterocycles. The van der Waals surface area contributed by atoms with Gasteiger partial charge in [0.15, 0.2) is 12.4 Å². The van der Waals surface area contributed by atoms with Crippen LogP contribution in [0.1, 0.15) is 11.7 Å². The summed E-state index contributed by atoms with van der Waals surface area (Å²) in [6.45, 7) is 0. The van der Waals surface area contributed by atoms with E-state index in [1.807, 2.05) is 42.7 Å². The van der Waals surface area contributed by atoms with Gasteiger partial charge < -0.3 is 0 Å². The third kappa shape index (κ3) is 1.55. The van der Waals surface area contributed by atoms with E-state index in [-0.39, 0.29) is 6.17 Å². The fourth-order valence-corrected chi connectivity index (χ4v) is 2.65. The van der Waals surface area contributed by atoms with Gasteiger partial charge in [-0.05, 0) is 12.1 Å². The minimum absolute atomic E-state index is 0.0444. The van der Waals surface area contributed by atoms with E-state index >= 15 is 0 Å². The summed E-state index contributed by atoms with van der Waals surface area (Å²) in [4.78, 5) is 9.67. The van der Waals surface area contributed by atoms with Crippen molar-refractivity contribution < 1.29 is 14.5 Å². The lowest BCUT2D eigenvalue weighted by Crippen LogP contribution is -2.88. The first-order valence-electron chi connectivity index (χ1n) is 6.47. The third-order valence-corrected chi connectivity index (χ3v) is 3.52. The SMILES string of the molecule is NC1=[NH+]C(c2cc[nH+]cc2)[n+]2c([nH]c3ccccc32)N1. The molecule has 0 saturated carbocycles. The van der Waals surface area contributed by atoms with Crippen molar-refractivity contribution in [2.75, 3.05) is 5.32 Å². The summed E-state index contributed by atoms with van der Waals surface area (Å²) in [5.41, 5.74) is 9.27. The minimum Gasteiger partial charge on any atom is -0.290 e. The number of hydrogen-bond donors (Lipinski definition) is 4. The van der Waals surface area contributed by atoms with Crippen LogP contribution in [0.25, 0.3) is 11.0 Å². The molecule has 1 unspecified atom stereocenters. The molecule has 1 aliphatic rings. The van der Waals surface area contributed by atoms with Crippen molar-refractivity contribution in [1.29, 1.82) is 0 Å². The van der Waals surface area contributed by atoms with Gasteiger partial charge in [0.2, 0.25) is 6.17 Å². The summed E-state index contributed by atoms with van der Waals surface area (Å²) < 4.78 is 2.17. The molecule has 1 aromatic carbocycles. The number of guanidine groups is 1. The van der Waals surface area contributed by atoms with Gasteiger partial charge in [0.25, 0.3) is 0 Å². The van der Waals surface area contributed by atoms with E-state index < -0.39 is 0 Å². The van der Waals surface area contributed by atoms with E-state index in [2.05, 4.69) is 30.9 Å². The number of rotatable bonds is 1. The highest BCUT2D eigenvalue weighted by Gasteiger charge is 2.32. The molecular formula is C14H15N6+3. The summed E-state index contributed by atoms with van der Waals surface area (Å²) in [5, 5.41) is 3.13. The van der Waals surface area contributed by atoms with Crippen molar-refractivity contribution in [3.05, 3.63) is 54.4 Å². The average molecular weight is 267 g/mol. The zero-order valence-corrected chi connectivity index (χ0v) is 10.7. The summed E-state index contributed by atoms with van der Waals surface area (Å²) in [5.74, 6) is 1.41. The maximum Gasteiger partial charge on any atom is 0.368 e. The lowest BCUT2D eigenvalue weighted by Gasteiger charge is -2.15. The first-order valence-corrected chi connectivity index (χ1v) is 6.47. The van der Waals surface area contributed by atoms with Crippen LogP contribution in [0.5, 0.6) is 0 Å². The summed E-state index contributed by atoms with van der Waals surface area (Å²) in [6, 6.07) is 12.2. The molecule has 0 bridgehead atoms. The zero-order chi connectivity index (χ0) is 13.5. The molecule has 1 atom stereocenters. The number of pyridine rings is 1. The Labute approximate surface area is 115 Å². The average Bonchev–Trinajstić information content (AvgIpc) is 2.85. The van der Waals surface area contributed by atoms with Crippen LogP contribution < -0.4 is 25.6 Å². The van der Waals surface area contributed by atoms with Crippen molar-refractivity contribution in [3.8, 4) is 0 Å². The number of hydrogen-bond acceptors (Lipinski definition) is 2. The maximum atomic E-state index is 5.95. The van der Waals surface area contributed by atoms with Gasteiger partial charge in [-0.15, -0.1) is 0 Å². The van der Waals surface area contributed by atoms with Crippen molar-refractivity contribution in [2.45, 2.75) is 6.17 Å².